The number of aliphatic hydroxyl groups excluding tert-OH is 2. The lowest BCUT2D eigenvalue weighted by Crippen LogP contribution is -2.61. The van der Waals surface area contributed by atoms with Crippen LogP contribution in [0.15, 0.2) is 60.7 Å². The highest BCUT2D eigenvalue weighted by atomic mass is 16.6. The molecule has 2 aromatic carbocycles. The van der Waals surface area contributed by atoms with E-state index in [-0.39, 0.29) is 11.1 Å². The lowest BCUT2D eigenvalue weighted by molar-refractivity contribution is -0.221. The van der Waals surface area contributed by atoms with Crippen molar-refractivity contribution in [1.29, 1.82) is 0 Å². The van der Waals surface area contributed by atoms with Gasteiger partial charge in [-0.25, -0.2) is 9.59 Å². The van der Waals surface area contributed by atoms with Crippen molar-refractivity contribution in [2.24, 2.45) is 22.9 Å². The number of hydrogen-bond acceptors (Lipinski definition) is 10. The number of benzene rings is 2. The molecule has 2 atom stereocenters. The van der Waals surface area contributed by atoms with Crippen LogP contribution in [0.4, 0.5) is 0 Å². The van der Waals surface area contributed by atoms with Gasteiger partial charge in [0.2, 0.25) is 5.60 Å². The average Bonchev–Trinajstić information content (AvgIpc) is 2.75. The first-order valence-electron chi connectivity index (χ1n) is 9.81. The molecule has 0 aliphatic heterocycles. The Labute approximate surface area is 186 Å². The smallest absolute Gasteiger partial charge is 0.341 e. The van der Waals surface area contributed by atoms with Crippen LogP contribution in [0.3, 0.4) is 0 Å². The summed E-state index contributed by atoms with van der Waals surface area (Å²) in [5, 5.41) is 22.6. The Morgan fingerprint density at radius 1 is 0.781 bits per heavy atom. The van der Waals surface area contributed by atoms with Crippen LogP contribution in [0.25, 0.3) is 0 Å². The van der Waals surface area contributed by atoms with Crippen LogP contribution in [0.2, 0.25) is 0 Å². The Balaban J connectivity index is 2.64. The Hall–Kier alpha value is -2.86. The lowest BCUT2D eigenvalue weighted by Gasteiger charge is -2.42. The van der Waals surface area contributed by atoms with Gasteiger partial charge in [0.15, 0.2) is 11.3 Å². The van der Waals surface area contributed by atoms with Crippen molar-refractivity contribution in [3.8, 4) is 0 Å². The van der Waals surface area contributed by atoms with Crippen LogP contribution in [0.1, 0.15) is 37.2 Å². The molecule has 0 saturated heterocycles. The van der Waals surface area contributed by atoms with Gasteiger partial charge in [-0.2, -0.15) is 0 Å². The van der Waals surface area contributed by atoms with Gasteiger partial charge in [0, 0.05) is 0 Å². The maximum absolute atomic E-state index is 12.7. The second kappa shape index (κ2) is 9.74. The number of carbonyl (C=O) groups is 2. The molecule has 0 radical (unpaired) electrons. The molecule has 0 spiro atoms. The van der Waals surface area contributed by atoms with Crippen LogP contribution in [-0.4, -0.2) is 45.7 Å². The summed E-state index contributed by atoms with van der Waals surface area (Å²) in [6, 6.07) is 16.2. The molecule has 0 aliphatic rings. The average molecular weight is 447 g/mol. The molecule has 0 saturated carbocycles. The zero-order chi connectivity index (χ0) is 24.2. The number of aliphatic hydroxyl groups is 2. The van der Waals surface area contributed by atoms with Crippen molar-refractivity contribution in [3.63, 3.8) is 0 Å². The van der Waals surface area contributed by atoms with Crippen molar-refractivity contribution in [2.45, 2.75) is 43.0 Å². The lowest BCUT2D eigenvalue weighted by atomic mass is 9.82. The molecule has 2 aromatic rings. The molecule has 0 aliphatic carbocycles. The van der Waals surface area contributed by atoms with Gasteiger partial charge < -0.3 is 42.6 Å². The topological polar surface area (TPSA) is 197 Å². The first-order valence-corrected chi connectivity index (χ1v) is 9.81. The van der Waals surface area contributed by atoms with Crippen LogP contribution < -0.4 is 22.9 Å². The summed E-state index contributed by atoms with van der Waals surface area (Å²) in [4.78, 5) is 25.0. The SMILES string of the molecule is CC(N)(N)C(=O)OCC(OC(=O)C(C)(N)N)(C(O)c1ccccc1)C(O)c1ccccc1. The first kappa shape index (κ1) is 25.4. The Bertz CT molecular complexity index is 864. The van der Waals surface area contributed by atoms with E-state index in [2.05, 4.69) is 0 Å². The summed E-state index contributed by atoms with van der Waals surface area (Å²) in [7, 11) is 0. The zero-order valence-electron chi connectivity index (χ0n) is 18.0. The van der Waals surface area contributed by atoms with Crippen molar-refractivity contribution in [1.82, 2.24) is 0 Å². The van der Waals surface area contributed by atoms with Crippen molar-refractivity contribution >= 4 is 11.9 Å². The molecular weight excluding hydrogens is 416 g/mol. The van der Waals surface area contributed by atoms with Crippen LogP contribution >= 0.6 is 0 Å². The molecule has 0 fully saturated rings. The molecule has 0 aromatic heterocycles. The molecule has 0 heterocycles. The number of carbonyl (C=O) groups excluding carboxylic acids is 2. The zero-order valence-corrected chi connectivity index (χ0v) is 18.0. The number of ether oxygens (including phenoxy) is 2. The molecule has 0 bridgehead atoms. The third-order valence-electron chi connectivity index (χ3n) is 4.75. The Kier molecular flexibility index (Phi) is 7.73. The minimum atomic E-state index is -2.25. The summed E-state index contributed by atoms with van der Waals surface area (Å²) in [5.74, 6) is -2.21. The fourth-order valence-electron chi connectivity index (χ4n) is 2.90. The summed E-state index contributed by atoms with van der Waals surface area (Å²) >= 11 is 0. The molecule has 174 valence electrons. The number of esters is 2. The van der Waals surface area contributed by atoms with E-state index < -0.39 is 47.7 Å². The summed E-state index contributed by atoms with van der Waals surface area (Å²) < 4.78 is 10.8. The highest BCUT2D eigenvalue weighted by molar-refractivity contribution is 5.80. The first-order chi connectivity index (χ1) is 14.8. The number of rotatable bonds is 9. The predicted octanol–water partition coefficient (Wildman–Crippen LogP) is -0.454. The van der Waals surface area contributed by atoms with Crippen molar-refractivity contribution < 1.29 is 29.3 Å². The maximum Gasteiger partial charge on any atom is 0.341 e. The predicted molar refractivity (Wildman–Crippen MR) is 116 cm³/mol. The largest absolute Gasteiger partial charge is 0.459 e. The van der Waals surface area contributed by atoms with Gasteiger partial charge in [0.25, 0.3) is 0 Å². The van der Waals surface area contributed by atoms with Crippen LogP contribution in [-0.2, 0) is 19.1 Å². The van der Waals surface area contributed by atoms with Gasteiger partial charge in [-0.15, -0.1) is 0 Å². The second-order valence-electron chi connectivity index (χ2n) is 8.11. The molecule has 32 heavy (non-hydrogen) atoms. The van der Waals surface area contributed by atoms with Crippen LogP contribution in [0, 0.1) is 0 Å². The highest BCUT2D eigenvalue weighted by Gasteiger charge is 2.53. The standard InChI is InChI=1S/C22H30N4O6/c1-20(23,24)18(29)31-13-22(32-19(30)21(2,25)26,16(27)14-9-5-3-6-10-14)17(28)15-11-7-4-8-12-15/h3-12,16-17,27-28H,13,23-26H2,1-2H3. The summed E-state index contributed by atoms with van der Waals surface area (Å²) in [6.45, 7) is 1.59. The van der Waals surface area contributed by atoms with E-state index in [1.54, 1.807) is 60.7 Å². The van der Waals surface area contributed by atoms with Gasteiger partial charge in [-0.3, -0.25) is 0 Å². The number of hydrogen-bond donors (Lipinski definition) is 6. The minimum Gasteiger partial charge on any atom is -0.459 e. The van der Waals surface area contributed by atoms with E-state index in [1.807, 2.05) is 0 Å². The fourth-order valence-corrected chi connectivity index (χ4v) is 2.90. The third-order valence-corrected chi connectivity index (χ3v) is 4.75. The van der Waals surface area contributed by atoms with Crippen molar-refractivity contribution in [2.75, 3.05) is 6.61 Å². The minimum absolute atomic E-state index is 0.269. The van der Waals surface area contributed by atoms with Gasteiger partial charge >= 0.3 is 11.9 Å². The molecule has 10 heteroatoms. The normalized spacial score (nSPS) is 15.9. The molecule has 2 rings (SSSR count). The maximum atomic E-state index is 12.7. The molecule has 0 amide bonds. The fraction of sp³-hybridized carbons (Fsp3) is 0.364. The molecule has 2 unspecified atom stereocenters. The van der Waals surface area contributed by atoms with E-state index in [9.17, 15) is 19.8 Å². The number of nitrogens with two attached hydrogens (primary N) is 4. The monoisotopic (exact) mass is 446 g/mol. The Morgan fingerprint density at radius 2 is 1.16 bits per heavy atom. The van der Waals surface area contributed by atoms with E-state index in [4.69, 9.17) is 32.4 Å². The summed E-state index contributed by atoms with van der Waals surface area (Å²) in [6.07, 6.45) is -3.33. The van der Waals surface area contributed by atoms with Gasteiger partial charge in [-0.05, 0) is 25.0 Å². The molecule has 10 nitrogen and oxygen atoms in total. The summed E-state index contributed by atoms with van der Waals surface area (Å²) in [5.41, 5.74) is 17.0. The molecule has 10 N–H and O–H groups in total. The van der Waals surface area contributed by atoms with Crippen molar-refractivity contribution in [3.05, 3.63) is 71.8 Å². The van der Waals surface area contributed by atoms with Gasteiger partial charge in [-0.1, -0.05) is 60.7 Å². The van der Waals surface area contributed by atoms with E-state index in [0.29, 0.717) is 0 Å². The van der Waals surface area contributed by atoms with Gasteiger partial charge in [0.05, 0.1) is 0 Å². The van der Waals surface area contributed by atoms with E-state index in [0.717, 1.165) is 0 Å². The quantitative estimate of drug-likeness (QED) is 0.216. The highest BCUT2D eigenvalue weighted by Crippen LogP contribution is 2.41. The second-order valence-corrected chi connectivity index (χ2v) is 8.11. The van der Waals surface area contributed by atoms with Crippen LogP contribution in [0.5, 0.6) is 0 Å². The van der Waals surface area contributed by atoms with E-state index >= 15 is 0 Å². The van der Waals surface area contributed by atoms with E-state index in [1.165, 1.54) is 13.8 Å². The van der Waals surface area contributed by atoms with Gasteiger partial charge in [0.1, 0.15) is 18.8 Å². The Morgan fingerprint density at radius 3 is 1.50 bits per heavy atom. The third kappa shape index (κ3) is 5.88. The molecular formula is C22H30N4O6.